The Kier molecular flexibility index (Phi) is 6.83. The lowest BCUT2D eigenvalue weighted by Crippen LogP contribution is -2.48. The number of aryl methyl sites for hydroxylation is 1. The number of fused-ring (bicyclic) bond motifs is 1. The molecular weight excluding hydrogens is 406 g/mol. The van der Waals surface area contributed by atoms with Crippen molar-refractivity contribution >= 4 is 17.5 Å². The van der Waals surface area contributed by atoms with Gasteiger partial charge in [0.15, 0.2) is 0 Å². The summed E-state index contributed by atoms with van der Waals surface area (Å²) in [6, 6.07) is 14.1. The Bertz CT molecular complexity index is 969. The van der Waals surface area contributed by atoms with Crippen molar-refractivity contribution < 1.29 is 19.1 Å². The first-order valence-electron chi connectivity index (χ1n) is 11.2. The lowest BCUT2D eigenvalue weighted by atomic mass is 10.0. The molecule has 0 spiro atoms. The quantitative estimate of drug-likeness (QED) is 0.720. The standard InChI is InChI=1S/C25H31N3O4/c1-19(29)28-14-15-32-24-8-6-20(16-21(24)18-28)7-9-25(30)27-12-10-26(11-13-27)22-4-3-5-23(17-22)31-2/h3-6,8,16-17H,7,9-15,18H2,1-2H3. The van der Waals surface area contributed by atoms with Gasteiger partial charge < -0.3 is 24.2 Å². The molecule has 2 aliphatic rings. The summed E-state index contributed by atoms with van der Waals surface area (Å²) in [4.78, 5) is 30.6. The molecule has 0 bridgehead atoms. The minimum absolute atomic E-state index is 0.0510. The monoisotopic (exact) mass is 437 g/mol. The number of rotatable bonds is 5. The summed E-state index contributed by atoms with van der Waals surface area (Å²) in [6.07, 6.45) is 1.16. The molecule has 2 amide bonds. The lowest BCUT2D eigenvalue weighted by molar-refractivity contribution is -0.131. The predicted molar refractivity (Wildman–Crippen MR) is 123 cm³/mol. The van der Waals surface area contributed by atoms with Crippen molar-refractivity contribution in [2.45, 2.75) is 26.3 Å². The van der Waals surface area contributed by atoms with E-state index in [1.54, 1.807) is 18.9 Å². The van der Waals surface area contributed by atoms with Crippen molar-refractivity contribution in [1.82, 2.24) is 9.80 Å². The van der Waals surface area contributed by atoms with Crippen molar-refractivity contribution in [3.05, 3.63) is 53.6 Å². The van der Waals surface area contributed by atoms with Crippen LogP contribution >= 0.6 is 0 Å². The van der Waals surface area contributed by atoms with Crippen LogP contribution in [0.3, 0.4) is 0 Å². The van der Waals surface area contributed by atoms with Gasteiger partial charge in [0.25, 0.3) is 0 Å². The van der Waals surface area contributed by atoms with Gasteiger partial charge in [-0.05, 0) is 30.2 Å². The van der Waals surface area contributed by atoms with Crippen LogP contribution in [-0.2, 0) is 22.6 Å². The molecule has 170 valence electrons. The van der Waals surface area contributed by atoms with E-state index in [-0.39, 0.29) is 11.8 Å². The Hall–Kier alpha value is -3.22. The van der Waals surface area contributed by atoms with Crippen LogP contribution in [0.4, 0.5) is 5.69 Å². The van der Waals surface area contributed by atoms with E-state index in [0.29, 0.717) is 32.5 Å². The smallest absolute Gasteiger partial charge is 0.223 e. The highest BCUT2D eigenvalue weighted by atomic mass is 16.5. The fourth-order valence-corrected chi connectivity index (χ4v) is 4.30. The fraction of sp³-hybridized carbons (Fsp3) is 0.440. The molecule has 7 heteroatoms. The van der Waals surface area contributed by atoms with Gasteiger partial charge in [0.05, 0.1) is 13.7 Å². The molecule has 0 aromatic heterocycles. The maximum Gasteiger partial charge on any atom is 0.223 e. The summed E-state index contributed by atoms with van der Waals surface area (Å²) >= 11 is 0. The minimum atomic E-state index is 0.0510. The number of benzene rings is 2. The number of amides is 2. The van der Waals surface area contributed by atoms with Crippen molar-refractivity contribution in [2.24, 2.45) is 0 Å². The normalized spacial score (nSPS) is 16.1. The van der Waals surface area contributed by atoms with Crippen LogP contribution in [0.15, 0.2) is 42.5 Å². The molecule has 2 aromatic carbocycles. The third-order valence-corrected chi connectivity index (χ3v) is 6.23. The second-order valence-electron chi connectivity index (χ2n) is 8.30. The van der Waals surface area contributed by atoms with Crippen LogP contribution in [0.25, 0.3) is 0 Å². The summed E-state index contributed by atoms with van der Waals surface area (Å²) in [6.45, 7) is 6.32. The highest BCUT2D eigenvalue weighted by Gasteiger charge is 2.22. The van der Waals surface area contributed by atoms with E-state index in [1.807, 2.05) is 35.2 Å². The first kappa shape index (κ1) is 22.0. The number of hydrogen-bond acceptors (Lipinski definition) is 5. The molecule has 2 aliphatic heterocycles. The topological polar surface area (TPSA) is 62.3 Å². The predicted octanol–water partition coefficient (Wildman–Crippen LogP) is 2.72. The molecular formula is C25H31N3O4. The fourth-order valence-electron chi connectivity index (χ4n) is 4.30. The number of carbonyl (C=O) groups is 2. The Labute approximate surface area is 189 Å². The van der Waals surface area contributed by atoms with Crippen molar-refractivity contribution in [3.63, 3.8) is 0 Å². The van der Waals surface area contributed by atoms with E-state index in [4.69, 9.17) is 9.47 Å². The zero-order valence-electron chi connectivity index (χ0n) is 18.9. The van der Waals surface area contributed by atoms with Crippen LogP contribution in [-0.4, -0.2) is 68.1 Å². The summed E-state index contributed by atoms with van der Waals surface area (Å²) < 4.78 is 11.1. The third-order valence-electron chi connectivity index (χ3n) is 6.23. The summed E-state index contributed by atoms with van der Waals surface area (Å²) in [5, 5.41) is 0. The SMILES string of the molecule is COc1cccc(N2CCN(C(=O)CCc3ccc4c(c3)CN(C(C)=O)CCO4)CC2)c1. The van der Waals surface area contributed by atoms with Crippen LogP contribution in [0.1, 0.15) is 24.5 Å². The summed E-state index contributed by atoms with van der Waals surface area (Å²) in [5.74, 6) is 1.91. The zero-order chi connectivity index (χ0) is 22.5. The van der Waals surface area contributed by atoms with Gasteiger partial charge in [-0.3, -0.25) is 9.59 Å². The van der Waals surface area contributed by atoms with Gasteiger partial charge in [0.2, 0.25) is 11.8 Å². The molecule has 7 nitrogen and oxygen atoms in total. The van der Waals surface area contributed by atoms with Gasteiger partial charge >= 0.3 is 0 Å². The van der Waals surface area contributed by atoms with Gasteiger partial charge in [-0.1, -0.05) is 18.2 Å². The van der Waals surface area contributed by atoms with Gasteiger partial charge in [0, 0.05) is 63.4 Å². The second-order valence-corrected chi connectivity index (χ2v) is 8.30. The molecule has 0 saturated carbocycles. The highest BCUT2D eigenvalue weighted by Crippen LogP contribution is 2.26. The number of methoxy groups -OCH3 is 1. The Morgan fingerprint density at radius 3 is 2.56 bits per heavy atom. The molecule has 0 aliphatic carbocycles. The first-order chi connectivity index (χ1) is 15.5. The molecule has 4 rings (SSSR count). The number of piperazine rings is 1. The molecule has 0 atom stereocenters. The number of nitrogens with zero attached hydrogens (tertiary/aromatic N) is 3. The van der Waals surface area contributed by atoms with Crippen molar-refractivity contribution in [3.8, 4) is 11.5 Å². The first-order valence-corrected chi connectivity index (χ1v) is 11.2. The molecule has 2 aromatic rings. The van der Waals surface area contributed by atoms with Crippen molar-refractivity contribution in [1.29, 1.82) is 0 Å². The molecule has 1 saturated heterocycles. The minimum Gasteiger partial charge on any atom is -0.497 e. The van der Waals surface area contributed by atoms with Crippen molar-refractivity contribution in [2.75, 3.05) is 51.3 Å². The van der Waals surface area contributed by atoms with E-state index >= 15 is 0 Å². The number of anilines is 1. The third kappa shape index (κ3) is 5.15. The maximum absolute atomic E-state index is 12.8. The van der Waals surface area contributed by atoms with E-state index < -0.39 is 0 Å². The van der Waals surface area contributed by atoms with E-state index in [2.05, 4.69) is 17.0 Å². The van der Waals surface area contributed by atoms with Crippen LogP contribution < -0.4 is 14.4 Å². The van der Waals surface area contributed by atoms with Gasteiger partial charge in [-0.25, -0.2) is 0 Å². The Morgan fingerprint density at radius 1 is 1.00 bits per heavy atom. The lowest BCUT2D eigenvalue weighted by Gasteiger charge is -2.36. The van der Waals surface area contributed by atoms with Gasteiger partial charge in [0.1, 0.15) is 18.1 Å². The number of ether oxygens (including phenoxy) is 2. The molecule has 0 N–H and O–H groups in total. The Balaban J connectivity index is 1.30. The largest absolute Gasteiger partial charge is 0.497 e. The Morgan fingerprint density at radius 2 is 1.81 bits per heavy atom. The highest BCUT2D eigenvalue weighted by molar-refractivity contribution is 5.77. The summed E-state index contributed by atoms with van der Waals surface area (Å²) in [7, 11) is 1.67. The van der Waals surface area contributed by atoms with Crippen LogP contribution in [0.5, 0.6) is 11.5 Å². The van der Waals surface area contributed by atoms with Crippen LogP contribution in [0.2, 0.25) is 0 Å². The van der Waals surface area contributed by atoms with Crippen LogP contribution in [0, 0.1) is 0 Å². The molecule has 0 unspecified atom stereocenters. The number of hydrogen-bond donors (Lipinski definition) is 0. The second kappa shape index (κ2) is 9.94. The van der Waals surface area contributed by atoms with E-state index in [9.17, 15) is 9.59 Å². The summed E-state index contributed by atoms with van der Waals surface area (Å²) in [5.41, 5.74) is 3.24. The van der Waals surface area contributed by atoms with Gasteiger partial charge in [-0.15, -0.1) is 0 Å². The van der Waals surface area contributed by atoms with E-state index in [0.717, 1.165) is 54.5 Å². The van der Waals surface area contributed by atoms with E-state index in [1.165, 1.54) is 0 Å². The molecule has 2 heterocycles. The number of carbonyl (C=O) groups excluding carboxylic acids is 2. The average Bonchev–Trinajstić information content (AvgIpc) is 3.05. The molecule has 1 fully saturated rings. The molecule has 0 radical (unpaired) electrons. The average molecular weight is 438 g/mol. The molecule has 32 heavy (non-hydrogen) atoms. The zero-order valence-corrected chi connectivity index (χ0v) is 18.9. The van der Waals surface area contributed by atoms with Gasteiger partial charge in [-0.2, -0.15) is 0 Å². The maximum atomic E-state index is 12.8.